The summed E-state index contributed by atoms with van der Waals surface area (Å²) in [5.74, 6) is 0.731. The van der Waals surface area contributed by atoms with Crippen molar-refractivity contribution in [3.63, 3.8) is 0 Å². The van der Waals surface area contributed by atoms with Gasteiger partial charge < -0.3 is 0 Å². The van der Waals surface area contributed by atoms with Crippen LogP contribution in [0.2, 0.25) is 0 Å². The highest BCUT2D eigenvalue weighted by molar-refractivity contribution is 6.24. The molecule has 0 spiro atoms. The summed E-state index contributed by atoms with van der Waals surface area (Å²) in [7, 11) is 0. The van der Waals surface area contributed by atoms with Crippen LogP contribution in [0.4, 0.5) is 5.69 Å². The molecule has 1 N–H and O–H groups in total. The van der Waals surface area contributed by atoms with Crippen molar-refractivity contribution in [3.05, 3.63) is 24.2 Å². The maximum Gasteiger partial charge on any atom is 0.179 e. The molecule has 0 aliphatic carbocycles. The van der Waals surface area contributed by atoms with Crippen LogP contribution in [-0.4, -0.2) is 14.6 Å². The number of rotatable bonds is 1. The summed E-state index contributed by atoms with van der Waals surface area (Å²) in [5, 5.41) is 4.13. The molecule has 2 aromatic rings. The van der Waals surface area contributed by atoms with Gasteiger partial charge in [-0.2, -0.15) is 5.10 Å². The van der Waals surface area contributed by atoms with E-state index >= 15 is 0 Å². The number of aryl methyl sites for hydroxylation is 1. The fourth-order valence-electron chi connectivity index (χ4n) is 1.09. The Morgan fingerprint density at radius 1 is 1.58 bits per heavy atom. The maximum absolute atomic E-state index is 5.48. The third kappa shape index (κ3) is 1.00. The van der Waals surface area contributed by atoms with Crippen LogP contribution < -0.4 is 4.84 Å². The predicted molar refractivity (Wildman–Crippen MR) is 47.2 cm³/mol. The molecule has 12 heavy (non-hydrogen) atoms. The Balaban J connectivity index is 2.78. The summed E-state index contributed by atoms with van der Waals surface area (Å²) in [6.07, 6.45) is 1.83. The molecule has 0 radical (unpaired) electrons. The molecule has 0 fully saturated rings. The van der Waals surface area contributed by atoms with Crippen LogP contribution in [0.15, 0.2) is 18.3 Å². The number of pyridine rings is 1. The monoisotopic (exact) mass is 182 g/mol. The van der Waals surface area contributed by atoms with Gasteiger partial charge in [-0.3, -0.25) is 4.84 Å². The van der Waals surface area contributed by atoms with Gasteiger partial charge >= 0.3 is 0 Å². The summed E-state index contributed by atoms with van der Waals surface area (Å²) < 4.78 is 1.68. The van der Waals surface area contributed by atoms with Crippen molar-refractivity contribution in [2.75, 3.05) is 4.84 Å². The predicted octanol–water partition coefficient (Wildman–Crippen LogP) is 1.60. The van der Waals surface area contributed by atoms with Gasteiger partial charge in [0.2, 0.25) is 0 Å². The van der Waals surface area contributed by atoms with Crippen LogP contribution in [-0.2, 0) is 0 Å². The van der Waals surface area contributed by atoms with E-state index in [1.54, 1.807) is 4.52 Å². The van der Waals surface area contributed by atoms with Gasteiger partial charge in [-0.15, -0.1) is 0 Å². The van der Waals surface area contributed by atoms with Gasteiger partial charge in [0.15, 0.2) is 5.65 Å². The molecule has 2 heterocycles. The van der Waals surface area contributed by atoms with Gasteiger partial charge in [-0.1, -0.05) is 0 Å². The molecule has 0 saturated heterocycles. The zero-order valence-corrected chi connectivity index (χ0v) is 7.21. The van der Waals surface area contributed by atoms with Crippen molar-refractivity contribution in [2.24, 2.45) is 0 Å². The molecule has 0 aromatic carbocycles. The maximum atomic E-state index is 5.48. The second-order valence-corrected chi connectivity index (χ2v) is 2.63. The Kier molecular flexibility index (Phi) is 1.62. The van der Waals surface area contributed by atoms with E-state index in [9.17, 15) is 0 Å². The lowest BCUT2D eigenvalue weighted by molar-refractivity contribution is 0.931. The van der Waals surface area contributed by atoms with Crippen molar-refractivity contribution >= 4 is 23.1 Å². The molecular formula is C7H7ClN4. The SMILES string of the molecule is Cc1nc2c(NCl)cccn2n1. The van der Waals surface area contributed by atoms with Gasteiger partial charge in [0.05, 0.1) is 5.69 Å². The standard InChI is InChI=1S/C7H7ClN4/c1-5-9-7-6(10-8)3-2-4-12(7)11-5/h2-4,10H,1H3. The lowest BCUT2D eigenvalue weighted by atomic mass is 10.4. The minimum absolute atomic E-state index is 0.731. The second-order valence-electron chi connectivity index (χ2n) is 2.44. The van der Waals surface area contributed by atoms with Gasteiger partial charge in [-0.05, 0) is 19.1 Å². The highest BCUT2D eigenvalue weighted by Gasteiger charge is 2.02. The average Bonchev–Trinajstić information content (AvgIpc) is 2.44. The van der Waals surface area contributed by atoms with Crippen molar-refractivity contribution in [1.29, 1.82) is 0 Å². The number of hydrogen-bond donors (Lipinski definition) is 1. The Hall–Kier alpha value is -1.29. The minimum Gasteiger partial charge on any atom is -0.295 e. The van der Waals surface area contributed by atoms with Crippen molar-refractivity contribution in [2.45, 2.75) is 6.92 Å². The molecule has 4 nitrogen and oxygen atoms in total. The smallest absolute Gasteiger partial charge is 0.179 e. The molecule has 2 rings (SSSR count). The molecule has 62 valence electrons. The fourth-order valence-corrected chi connectivity index (χ4v) is 1.23. The zero-order valence-electron chi connectivity index (χ0n) is 6.45. The average molecular weight is 183 g/mol. The summed E-state index contributed by atoms with van der Waals surface area (Å²) in [5.41, 5.74) is 1.50. The molecular weight excluding hydrogens is 176 g/mol. The molecule has 0 unspecified atom stereocenters. The highest BCUT2D eigenvalue weighted by atomic mass is 35.5. The first-order valence-electron chi connectivity index (χ1n) is 3.50. The molecule has 0 aliphatic heterocycles. The van der Waals surface area contributed by atoms with Crippen molar-refractivity contribution in [3.8, 4) is 0 Å². The van der Waals surface area contributed by atoms with E-state index in [0.717, 1.165) is 17.2 Å². The van der Waals surface area contributed by atoms with Crippen molar-refractivity contribution in [1.82, 2.24) is 14.6 Å². The molecule has 0 atom stereocenters. The van der Waals surface area contributed by atoms with Gasteiger partial charge in [0.25, 0.3) is 0 Å². The lowest BCUT2D eigenvalue weighted by Crippen LogP contribution is -1.89. The van der Waals surface area contributed by atoms with Gasteiger partial charge in [0.1, 0.15) is 5.82 Å². The Bertz CT molecular complexity index is 409. The van der Waals surface area contributed by atoms with Crippen LogP contribution >= 0.6 is 11.8 Å². The number of aromatic nitrogens is 3. The summed E-state index contributed by atoms with van der Waals surface area (Å²) in [6, 6.07) is 3.70. The van der Waals surface area contributed by atoms with E-state index in [0.29, 0.717) is 0 Å². The number of nitrogens with zero attached hydrogens (tertiary/aromatic N) is 3. The first kappa shape index (κ1) is 7.36. The van der Waals surface area contributed by atoms with E-state index in [1.165, 1.54) is 0 Å². The van der Waals surface area contributed by atoms with Crippen LogP contribution in [0.1, 0.15) is 5.82 Å². The minimum atomic E-state index is 0.731. The molecule has 2 aromatic heterocycles. The van der Waals surface area contributed by atoms with Crippen LogP contribution in [0.25, 0.3) is 5.65 Å². The third-order valence-electron chi connectivity index (χ3n) is 1.57. The summed E-state index contributed by atoms with van der Waals surface area (Å²) >= 11 is 5.48. The first-order chi connectivity index (χ1) is 5.81. The highest BCUT2D eigenvalue weighted by Crippen LogP contribution is 2.14. The van der Waals surface area contributed by atoms with Crippen LogP contribution in [0.5, 0.6) is 0 Å². The molecule has 0 saturated carbocycles. The summed E-state index contributed by atoms with van der Waals surface area (Å²) in [6.45, 7) is 1.84. The van der Waals surface area contributed by atoms with E-state index in [2.05, 4.69) is 14.9 Å². The Morgan fingerprint density at radius 3 is 3.17 bits per heavy atom. The normalized spacial score (nSPS) is 10.5. The first-order valence-corrected chi connectivity index (χ1v) is 3.87. The molecule has 0 aliphatic rings. The zero-order chi connectivity index (χ0) is 8.55. The van der Waals surface area contributed by atoms with E-state index in [1.807, 2.05) is 25.3 Å². The number of fused-ring (bicyclic) bond motifs is 1. The van der Waals surface area contributed by atoms with E-state index in [-0.39, 0.29) is 0 Å². The largest absolute Gasteiger partial charge is 0.295 e. The molecule has 5 heteroatoms. The van der Waals surface area contributed by atoms with Crippen LogP contribution in [0, 0.1) is 6.92 Å². The number of hydrogen-bond acceptors (Lipinski definition) is 3. The molecule has 0 amide bonds. The quantitative estimate of drug-likeness (QED) is 0.682. The van der Waals surface area contributed by atoms with Gasteiger partial charge in [0, 0.05) is 18.0 Å². The van der Waals surface area contributed by atoms with E-state index in [4.69, 9.17) is 11.8 Å². The van der Waals surface area contributed by atoms with Crippen LogP contribution in [0.3, 0.4) is 0 Å². The third-order valence-corrected chi connectivity index (χ3v) is 1.77. The second kappa shape index (κ2) is 2.64. The fraction of sp³-hybridized carbons (Fsp3) is 0.143. The number of anilines is 1. The number of nitrogens with one attached hydrogen (secondary N) is 1. The summed E-state index contributed by atoms with van der Waals surface area (Å²) in [4.78, 5) is 6.72. The topological polar surface area (TPSA) is 42.2 Å². The Labute approximate surface area is 74.3 Å². The van der Waals surface area contributed by atoms with Crippen molar-refractivity contribution < 1.29 is 0 Å². The van der Waals surface area contributed by atoms with Gasteiger partial charge in [-0.25, -0.2) is 9.50 Å². The van der Waals surface area contributed by atoms with E-state index < -0.39 is 0 Å². The number of halogens is 1. The Morgan fingerprint density at radius 2 is 2.42 bits per heavy atom. The lowest BCUT2D eigenvalue weighted by Gasteiger charge is -1.96. The molecule has 0 bridgehead atoms.